The van der Waals surface area contributed by atoms with Crippen LogP contribution in [0.25, 0.3) is 0 Å². The van der Waals surface area contributed by atoms with Crippen molar-refractivity contribution in [2.45, 2.75) is 13.0 Å². The van der Waals surface area contributed by atoms with Gasteiger partial charge in [-0.2, -0.15) is 0 Å². The number of hydrogen-bond acceptors (Lipinski definition) is 3. The summed E-state index contributed by atoms with van der Waals surface area (Å²) in [6.07, 6.45) is 0. The van der Waals surface area contributed by atoms with E-state index in [0.717, 1.165) is 16.1 Å². The molecule has 0 saturated carbocycles. The molecule has 0 aliphatic carbocycles. The minimum absolute atomic E-state index is 0.132. The lowest BCUT2D eigenvalue weighted by atomic mass is 10.1. The minimum atomic E-state index is -0.626. The Bertz CT molecular complexity index is 632. The predicted molar refractivity (Wildman–Crippen MR) is 79.2 cm³/mol. The molecule has 2 aromatic rings. The van der Waals surface area contributed by atoms with Gasteiger partial charge in [-0.1, -0.05) is 28.1 Å². The Morgan fingerprint density at radius 3 is 2.50 bits per heavy atom. The van der Waals surface area contributed by atoms with E-state index in [1.165, 1.54) is 12.1 Å². The van der Waals surface area contributed by atoms with E-state index in [4.69, 9.17) is 0 Å². The average Bonchev–Trinajstić information content (AvgIpc) is 2.41. The maximum atomic E-state index is 13.1. The summed E-state index contributed by atoms with van der Waals surface area (Å²) < 4.78 is 14.0. The van der Waals surface area contributed by atoms with Crippen molar-refractivity contribution in [3.63, 3.8) is 0 Å². The van der Waals surface area contributed by atoms with Crippen molar-refractivity contribution < 1.29 is 9.31 Å². The van der Waals surface area contributed by atoms with E-state index < -0.39 is 10.7 Å². The number of anilines is 1. The Balaban J connectivity index is 2.25. The highest BCUT2D eigenvalue weighted by Crippen LogP contribution is 2.29. The Hall–Kier alpha value is -1.95. The number of benzene rings is 2. The van der Waals surface area contributed by atoms with E-state index in [1.54, 1.807) is 0 Å². The van der Waals surface area contributed by atoms with Crippen LogP contribution in [0.3, 0.4) is 0 Å². The van der Waals surface area contributed by atoms with E-state index in [0.29, 0.717) is 5.69 Å². The molecule has 20 heavy (non-hydrogen) atoms. The zero-order valence-electron chi connectivity index (χ0n) is 10.6. The van der Waals surface area contributed by atoms with Gasteiger partial charge in [0, 0.05) is 10.5 Å². The molecule has 1 unspecified atom stereocenters. The lowest BCUT2D eigenvalue weighted by Gasteiger charge is -2.15. The molecule has 0 aliphatic rings. The monoisotopic (exact) mass is 338 g/mol. The van der Waals surface area contributed by atoms with Gasteiger partial charge in [0.15, 0.2) is 0 Å². The molecule has 6 heteroatoms. The van der Waals surface area contributed by atoms with Gasteiger partial charge < -0.3 is 5.32 Å². The lowest BCUT2D eigenvalue weighted by Crippen LogP contribution is -2.08. The topological polar surface area (TPSA) is 55.2 Å². The predicted octanol–water partition coefficient (Wildman–Crippen LogP) is 4.67. The van der Waals surface area contributed by atoms with Crippen molar-refractivity contribution in [3.8, 4) is 0 Å². The van der Waals surface area contributed by atoms with Gasteiger partial charge in [-0.15, -0.1) is 0 Å². The molecule has 4 nitrogen and oxygen atoms in total. The standard InChI is InChI=1S/C14H12BrFN2O2/c1-9(10-2-4-11(15)5-3-10)17-13-7-6-12(16)8-14(13)18(19)20/h2-9,17H,1H3. The average molecular weight is 339 g/mol. The Morgan fingerprint density at radius 1 is 1.25 bits per heavy atom. The van der Waals surface area contributed by atoms with Gasteiger partial charge in [0.1, 0.15) is 11.5 Å². The molecule has 1 atom stereocenters. The first-order valence-electron chi connectivity index (χ1n) is 5.93. The summed E-state index contributed by atoms with van der Waals surface area (Å²) >= 11 is 3.35. The highest BCUT2D eigenvalue weighted by Gasteiger charge is 2.17. The summed E-state index contributed by atoms with van der Waals surface area (Å²) in [5.41, 5.74) is 1.01. The molecule has 0 heterocycles. The molecule has 1 N–H and O–H groups in total. The fourth-order valence-corrected chi connectivity index (χ4v) is 2.11. The van der Waals surface area contributed by atoms with Crippen LogP contribution in [-0.2, 0) is 0 Å². The SMILES string of the molecule is CC(Nc1ccc(F)cc1[N+](=O)[O-])c1ccc(Br)cc1. The van der Waals surface area contributed by atoms with Crippen molar-refractivity contribution in [1.82, 2.24) is 0 Å². The fourth-order valence-electron chi connectivity index (χ4n) is 1.85. The highest BCUT2D eigenvalue weighted by atomic mass is 79.9. The van der Waals surface area contributed by atoms with Crippen molar-refractivity contribution in [2.75, 3.05) is 5.32 Å². The molecule has 0 aliphatic heterocycles. The maximum absolute atomic E-state index is 13.1. The van der Waals surface area contributed by atoms with Crippen molar-refractivity contribution >= 4 is 27.3 Å². The van der Waals surface area contributed by atoms with Gasteiger partial charge in [0.25, 0.3) is 5.69 Å². The van der Waals surface area contributed by atoms with E-state index in [9.17, 15) is 14.5 Å². The molecule has 0 fully saturated rings. The number of rotatable bonds is 4. The van der Waals surface area contributed by atoms with Crippen LogP contribution >= 0.6 is 15.9 Å². The van der Waals surface area contributed by atoms with Gasteiger partial charge in [0.05, 0.1) is 11.0 Å². The number of nitro groups is 1. The fraction of sp³-hybridized carbons (Fsp3) is 0.143. The molecule has 0 bridgehead atoms. The number of hydrogen-bond donors (Lipinski definition) is 1. The third kappa shape index (κ3) is 3.33. The third-order valence-electron chi connectivity index (χ3n) is 2.90. The smallest absolute Gasteiger partial charge is 0.295 e. The van der Waals surface area contributed by atoms with Gasteiger partial charge in [0.2, 0.25) is 0 Å². The van der Waals surface area contributed by atoms with Crippen LogP contribution in [0.4, 0.5) is 15.8 Å². The summed E-state index contributed by atoms with van der Waals surface area (Å²) in [5, 5.41) is 14.0. The number of nitrogens with zero attached hydrogens (tertiary/aromatic N) is 1. The van der Waals surface area contributed by atoms with Crippen LogP contribution in [0.15, 0.2) is 46.9 Å². The number of halogens is 2. The Morgan fingerprint density at radius 2 is 1.90 bits per heavy atom. The molecule has 0 aromatic heterocycles. The van der Waals surface area contributed by atoms with Crippen molar-refractivity contribution in [1.29, 1.82) is 0 Å². The zero-order valence-corrected chi connectivity index (χ0v) is 12.2. The molecule has 2 aromatic carbocycles. The summed E-state index contributed by atoms with van der Waals surface area (Å²) in [6, 6.07) is 11.0. The van der Waals surface area contributed by atoms with Crippen LogP contribution in [0.1, 0.15) is 18.5 Å². The largest absolute Gasteiger partial charge is 0.373 e. The maximum Gasteiger partial charge on any atom is 0.295 e. The van der Waals surface area contributed by atoms with Crippen molar-refractivity contribution in [2.24, 2.45) is 0 Å². The molecule has 0 amide bonds. The van der Waals surface area contributed by atoms with E-state index in [2.05, 4.69) is 21.2 Å². The summed E-state index contributed by atoms with van der Waals surface area (Å²) in [4.78, 5) is 10.3. The van der Waals surface area contributed by atoms with E-state index in [-0.39, 0.29) is 11.7 Å². The molecule has 2 rings (SSSR count). The second kappa shape index (κ2) is 6.00. The first-order valence-corrected chi connectivity index (χ1v) is 6.72. The second-order valence-corrected chi connectivity index (χ2v) is 5.25. The molecular weight excluding hydrogens is 327 g/mol. The van der Waals surface area contributed by atoms with E-state index in [1.807, 2.05) is 31.2 Å². The second-order valence-electron chi connectivity index (χ2n) is 4.34. The Labute approximate surface area is 123 Å². The van der Waals surface area contributed by atoms with Gasteiger partial charge >= 0.3 is 0 Å². The quantitative estimate of drug-likeness (QED) is 0.651. The first kappa shape index (κ1) is 14.5. The molecule has 0 radical (unpaired) electrons. The number of nitro benzene ring substituents is 1. The molecule has 0 spiro atoms. The van der Waals surface area contributed by atoms with Crippen molar-refractivity contribution in [3.05, 3.63) is 68.4 Å². The molecule has 104 valence electrons. The van der Waals surface area contributed by atoms with Crippen LogP contribution in [0.2, 0.25) is 0 Å². The third-order valence-corrected chi connectivity index (χ3v) is 3.43. The normalized spacial score (nSPS) is 11.9. The lowest BCUT2D eigenvalue weighted by molar-refractivity contribution is -0.384. The first-order chi connectivity index (χ1) is 9.47. The minimum Gasteiger partial charge on any atom is -0.373 e. The van der Waals surface area contributed by atoms with E-state index >= 15 is 0 Å². The van der Waals surface area contributed by atoms with Crippen LogP contribution in [-0.4, -0.2) is 4.92 Å². The molecular formula is C14H12BrFN2O2. The van der Waals surface area contributed by atoms with Crippen LogP contribution < -0.4 is 5.32 Å². The summed E-state index contributed by atoms with van der Waals surface area (Å²) in [5.74, 6) is -0.626. The van der Waals surface area contributed by atoms with Gasteiger partial charge in [-0.3, -0.25) is 10.1 Å². The van der Waals surface area contributed by atoms with Gasteiger partial charge in [-0.25, -0.2) is 4.39 Å². The highest BCUT2D eigenvalue weighted by molar-refractivity contribution is 9.10. The molecule has 0 saturated heterocycles. The summed E-state index contributed by atoms with van der Waals surface area (Å²) in [7, 11) is 0. The summed E-state index contributed by atoms with van der Waals surface area (Å²) in [6.45, 7) is 1.89. The zero-order chi connectivity index (χ0) is 14.7. The van der Waals surface area contributed by atoms with Crippen LogP contribution in [0, 0.1) is 15.9 Å². The van der Waals surface area contributed by atoms with Gasteiger partial charge in [-0.05, 0) is 36.8 Å². The number of nitrogens with one attached hydrogen (secondary N) is 1. The Kier molecular flexibility index (Phi) is 4.34. The van der Waals surface area contributed by atoms with Crippen LogP contribution in [0.5, 0.6) is 0 Å².